The van der Waals surface area contributed by atoms with E-state index in [-0.39, 0.29) is 23.7 Å². The minimum absolute atomic E-state index is 0.0477. The number of hydrogen-bond donors (Lipinski definition) is 1. The highest BCUT2D eigenvalue weighted by molar-refractivity contribution is 6.01. The maximum Gasteiger partial charge on any atom is 0.418 e. The second-order valence-corrected chi connectivity index (χ2v) is 4.29. The Balaban J connectivity index is 3.15. The first-order chi connectivity index (χ1) is 7.73. The summed E-state index contributed by atoms with van der Waals surface area (Å²) in [7, 11) is 0. The highest BCUT2D eigenvalue weighted by Crippen LogP contribution is 2.35. The Kier molecular flexibility index (Phi) is 3.80. The summed E-state index contributed by atoms with van der Waals surface area (Å²) in [4.78, 5) is 11.7. The lowest BCUT2D eigenvalue weighted by atomic mass is 9.97. The van der Waals surface area contributed by atoms with Crippen molar-refractivity contribution in [3.8, 4) is 0 Å². The summed E-state index contributed by atoms with van der Waals surface area (Å²) in [6, 6.07) is 3.41. The molecule has 0 saturated carbocycles. The molecule has 0 unspecified atom stereocenters. The molecule has 94 valence electrons. The third kappa shape index (κ3) is 3.22. The van der Waals surface area contributed by atoms with Crippen LogP contribution in [0.5, 0.6) is 0 Å². The van der Waals surface area contributed by atoms with Crippen LogP contribution in [0.15, 0.2) is 18.2 Å². The van der Waals surface area contributed by atoms with Gasteiger partial charge in [0.05, 0.1) is 11.3 Å². The third-order valence-electron chi connectivity index (χ3n) is 2.31. The number of anilines is 1. The molecule has 1 aromatic carbocycles. The van der Waals surface area contributed by atoms with Crippen LogP contribution in [0.3, 0.4) is 0 Å². The smallest absolute Gasteiger partial charge is 0.398 e. The van der Waals surface area contributed by atoms with Gasteiger partial charge in [0.2, 0.25) is 0 Å². The Morgan fingerprint density at radius 3 is 2.41 bits per heavy atom. The van der Waals surface area contributed by atoms with Crippen molar-refractivity contribution < 1.29 is 18.0 Å². The predicted molar refractivity (Wildman–Crippen MR) is 59.6 cm³/mol. The molecule has 0 aliphatic carbocycles. The zero-order chi connectivity index (χ0) is 13.2. The van der Waals surface area contributed by atoms with Crippen molar-refractivity contribution in [1.29, 1.82) is 0 Å². The fourth-order valence-electron chi connectivity index (χ4n) is 1.54. The van der Waals surface area contributed by atoms with Crippen LogP contribution in [0.2, 0.25) is 0 Å². The van der Waals surface area contributed by atoms with Gasteiger partial charge in [-0.15, -0.1) is 0 Å². The molecular weight excluding hydrogens is 231 g/mol. The van der Waals surface area contributed by atoms with Crippen molar-refractivity contribution in [2.75, 3.05) is 5.73 Å². The molecule has 1 aromatic rings. The molecule has 2 nitrogen and oxygen atoms in total. The average Bonchev–Trinajstić information content (AvgIpc) is 2.14. The van der Waals surface area contributed by atoms with Crippen LogP contribution in [0.4, 0.5) is 18.9 Å². The fourth-order valence-corrected chi connectivity index (χ4v) is 1.54. The van der Waals surface area contributed by atoms with Gasteiger partial charge in [-0.3, -0.25) is 4.79 Å². The lowest BCUT2D eigenvalue weighted by molar-refractivity contribution is -0.136. The Bertz CT molecular complexity index is 424. The topological polar surface area (TPSA) is 43.1 Å². The molecule has 5 heteroatoms. The molecule has 0 fully saturated rings. The molecular formula is C12H14F3NO. The Morgan fingerprint density at radius 2 is 1.94 bits per heavy atom. The first-order valence-corrected chi connectivity index (χ1v) is 5.22. The number of hydrogen-bond acceptors (Lipinski definition) is 2. The minimum atomic E-state index is -4.53. The standard InChI is InChI=1S/C12H14F3NO/c1-7(2)6-10(17)8-4-3-5-9(11(8)16)12(13,14)15/h3-5,7H,6,16H2,1-2H3. The van der Waals surface area contributed by atoms with Crippen LogP contribution in [-0.4, -0.2) is 5.78 Å². The molecule has 0 spiro atoms. The summed E-state index contributed by atoms with van der Waals surface area (Å²) in [5.74, 6) is -0.278. The lowest BCUT2D eigenvalue weighted by Gasteiger charge is -2.13. The zero-order valence-corrected chi connectivity index (χ0v) is 9.64. The number of rotatable bonds is 3. The van der Waals surface area contributed by atoms with E-state index in [0.29, 0.717) is 0 Å². The third-order valence-corrected chi connectivity index (χ3v) is 2.31. The van der Waals surface area contributed by atoms with Crippen LogP contribution in [0, 0.1) is 5.92 Å². The first kappa shape index (κ1) is 13.5. The number of nitrogen functional groups attached to an aromatic ring is 1. The number of benzene rings is 1. The van der Waals surface area contributed by atoms with E-state index in [1.165, 1.54) is 12.1 Å². The van der Waals surface area contributed by atoms with Gasteiger partial charge in [-0.2, -0.15) is 13.2 Å². The summed E-state index contributed by atoms with van der Waals surface area (Å²) < 4.78 is 37.7. The van der Waals surface area contributed by atoms with Gasteiger partial charge < -0.3 is 5.73 Å². The van der Waals surface area contributed by atoms with Crippen molar-refractivity contribution in [3.05, 3.63) is 29.3 Å². The van der Waals surface area contributed by atoms with Gasteiger partial charge in [-0.1, -0.05) is 19.9 Å². The molecule has 0 atom stereocenters. The molecule has 0 heterocycles. The molecule has 0 aromatic heterocycles. The van der Waals surface area contributed by atoms with E-state index >= 15 is 0 Å². The van der Waals surface area contributed by atoms with Crippen molar-refractivity contribution in [2.24, 2.45) is 5.92 Å². The van der Waals surface area contributed by atoms with Crippen molar-refractivity contribution >= 4 is 11.5 Å². The monoisotopic (exact) mass is 245 g/mol. The van der Waals surface area contributed by atoms with E-state index in [2.05, 4.69) is 0 Å². The molecule has 0 aliphatic heterocycles. The van der Waals surface area contributed by atoms with E-state index in [0.717, 1.165) is 6.07 Å². The highest BCUT2D eigenvalue weighted by atomic mass is 19.4. The molecule has 0 aliphatic rings. The maximum absolute atomic E-state index is 12.6. The fraction of sp³-hybridized carbons (Fsp3) is 0.417. The Morgan fingerprint density at radius 1 is 1.35 bits per heavy atom. The van der Waals surface area contributed by atoms with E-state index in [4.69, 9.17) is 5.73 Å². The van der Waals surface area contributed by atoms with Gasteiger partial charge in [0.15, 0.2) is 5.78 Å². The number of carbonyl (C=O) groups is 1. The van der Waals surface area contributed by atoms with Crippen LogP contribution in [0.25, 0.3) is 0 Å². The Labute approximate surface area is 97.6 Å². The lowest BCUT2D eigenvalue weighted by Crippen LogP contribution is -2.14. The van der Waals surface area contributed by atoms with Gasteiger partial charge >= 0.3 is 6.18 Å². The van der Waals surface area contributed by atoms with Crippen LogP contribution >= 0.6 is 0 Å². The second kappa shape index (κ2) is 4.77. The molecule has 0 bridgehead atoms. The van der Waals surface area contributed by atoms with Crippen molar-refractivity contribution in [3.63, 3.8) is 0 Å². The predicted octanol–water partition coefficient (Wildman–Crippen LogP) is 3.52. The summed E-state index contributed by atoms with van der Waals surface area (Å²) in [6.45, 7) is 3.64. The number of halogens is 3. The van der Waals surface area contributed by atoms with E-state index in [1.54, 1.807) is 0 Å². The number of para-hydroxylation sites is 1. The van der Waals surface area contributed by atoms with Gasteiger partial charge in [-0.05, 0) is 18.1 Å². The zero-order valence-electron chi connectivity index (χ0n) is 9.64. The molecule has 2 N–H and O–H groups in total. The normalized spacial score (nSPS) is 11.9. The highest BCUT2D eigenvalue weighted by Gasteiger charge is 2.34. The number of alkyl halides is 3. The number of carbonyl (C=O) groups excluding carboxylic acids is 1. The van der Waals surface area contributed by atoms with Gasteiger partial charge in [0.1, 0.15) is 0 Å². The number of nitrogens with two attached hydrogens (primary N) is 1. The average molecular weight is 245 g/mol. The minimum Gasteiger partial charge on any atom is -0.398 e. The van der Waals surface area contributed by atoms with Crippen LogP contribution < -0.4 is 5.73 Å². The summed E-state index contributed by atoms with van der Waals surface area (Å²) in [6.07, 6.45) is -4.34. The van der Waals surface area contributed by atoms with E-state index < -0.39 is 17.4 Å². The molecule has 17 heavy (non-hydrogen) atoms. The van der Waals surface area contributed by atoms with E-state index in [9.17, 15) is 18.0 Å². The van der Waals surface area contributed by atoms with Crippen LogP contribution in [0.1, 0.15) is 36.2 Å². The summed E-state index contributed by atoms with van der Waals surface area (Å²) in [5, 5.41) is 0. The molecule has 0 amide bonds. The van der Waals surface area contributed by atoms with Gasteiger partial charge in [0, 0.05) is 12.0 Å². The van der Waals surface area contributed by atoms with E-state index in [1.807, 2.05) is 13.8 Å². The second-order valence-electron chi connectivity index (χ2n) is 4.29. The number of ketones is 1. The molecule has 0 saturated heterocycles. The Hall–Kier alpha value is -1.52. The van der Waals surface area contributed by atoms with Gasteiger partial charge in [-0.25, -0.2) is 0 Å². The molecule has 0 radical (unpaired) electrons. The van der Waals surface area contributed by atoms with Crippen molar-refractivity contribution in [2.45, 2.75) is 26.4 Å². The maximum atomic E-state index is 12.6. The summed E-state index contributed by atoms with van der Waals surface area (Å²) in [5.41, 5.74) is 3.92. The summed E-state index contributed by atoms with van der Waals surface area (Å²) >= 11 is 0. The molecule has 1 rings (SSSR count). The van der Waals surface area contributed by atoms with Crippen LogP contribution in [-0.2, 0) is 6.18 Å². The number of Topliss-reactive ketones (excluding diaryl/α,β-unsaturated/α-hetero) is 1. The quantitative estimate of drug-likeness (QED) is 0.654. The van der Waals surface area contributed by atoms with Gasteiger partial charge in [0.25, 0.3) is 0 Å². The van der Waals surface area contributed by atoms with Crippen molar-refractivity contribution in [1.82, 2.24) is 0 Å². The largest absolute Gasteiger partial charge is 0.418 e. The first-order valence-electron chi connectivity index (χ1n) is 5.22. The SMILES string of the molecule is CC(C)CC(=O)c1cccc(C(F)(F)F)c1N.